The van der Waals surface area contributed by atoms with Gasteiger partial charge in [-0.3, -0.25) is 4.98 Å². The molecule has 0 saturated heterocycles. The number of nitrogens with zero attached hydrogens (tertiary/aromatic N) is 1. The van der Waals surface area contributed by atoms with Crippen molar-refractivity contribution in [3.8, 4) is 11.5 Å². The molecule has 2 N–H and O–H groups in total. The van der Waals surface area contributed by atoms with Crippen molar-refractivity contribution in [2.75, 3.05) is 14.2 Å². The van der Waals surface area contributed by atoms with E-state index < -0.39 is 0 Å². The van der Waals surface area contributed by atoms with E-state index in [1.54, 1.807) is 26.6 Å². The highest BCUT2D eigenvalue weighted by molar-refractivity contribution is 5.48. The van der Waals surface area contributed by atoms with Crippen LogP contribution in [0, 0.1) is 0 Å². The van der Waals surface area contributed by atoms with Crippen molar-refractivity contribution in [2.24, 2.45) is 5.73 Å². The second-order valence-corrected chi connectivity index (χ2v) is 4.68. The minimum Gasteiger partial charge on any atom is -0.493 e. The van der Waals surface area contributed by atoms with Gasteiger partial charge in [0.15, 0.2) is 11.5 Å². The zero-order valence-corrected chi connectivity index (χ0v) is 12.0. The van der Waals surface area contributed by atoms with Crippen molar-refractivity contribution >= 4 is 0 Å². The highest BCUT2D eigenvalue weighted by Gasteiger charge is 2.22. The Morgan fingerprint density at radius 3 is 2.35 bits per heavy atom. The second kappa shape index (κ2) is 6.39. The zero-order valence-electron chi connectivity index (χ0n) is 12.0. The summed E-state index contributed by atoms with van der Waals surface area (Å²) in [6, 6.07) is 9.56. The van der Waals surface area contributed by atoms with Gasteiger partial charge in [0.1, 0.15) is 0 Å². The molecule has 0 aliphatic heterocycles. The standard InChI is InChI=1S/C16H20N2O2/c1-11(12-7-9-18-10-8-12)15(17)13-5-4-6-14(19-2)16(13)20-3/h4-11,15H,17H2,1-3H3. The van der Waals surface area contributed by atoms with Crippen LogP contribution in [-0.4, -0.2) is 19.2 Å². The molecule has 1 aromatic heterocycles. The fraction of sp³-hybridized carbons (Fsp3) is 0.312. The van der Waals surface area contributed by atoms with Crippen LogP contribution in [0.1, 0.15) is 30.0 Å². The summed E-state index contributed by atoms with van der Waals surface area (Å²) in [5.41, 5.74) is 8.51. The van der Waals surface area contributed by atoms with Crippen LogP contribution in [-0.2, 0) is 0 Å². The van der Waals surface area contributed by atoms with Crippen LogP contribution in [0.5, 0.6) is 11.5 Å². The van der Waals surface area contributed by atoms with Gasteiger partial charge in [0.25, 0.3) is 0 Å². The molecule has 0 fully saturated rings. The van der Waals surface area contributed by atoms with E-state index in [1.807, 2.05) is 30.3 Å². The first-order valence-electron chi connectivity index (χ1n) is 6.55. The number of ether oxygens (including phenoxy) is 2. The van der Waals surface area contributed by atoms with Crippen molar-refractivity contribution in [3.63, 3.8) is 0 Å². The summed E-state index contributed by atoms with van der Waals surface area (Å²) in [6.45, 7) is 2.10. The van der Waals surface area contributed by atoms with Gasteiger partial charge in [0.2, 0.25) is 0 Å². The lowest BCUT2D eigenvalue weighted by molar-refractivity contribution is 0.348. The van der Waals surface area contributed by atoms with Gasteiger partial charge in [0, 0.05) is 29.9 Å². The van der Waals surface area contributed by atoms with E-state index in [2.05, 4.69) is 11.9 Å². The number of methoxy groups -OCH3 is 2. The van der Waals surface area contributed by atoms with E-state index in [0.29, 0.717) is 11.5 Å². The molecule has 2 atom stereocenters. The van der Waals surface area contributed by atoms with E-state index in [9.17, 15) is 0 Å². The summed E-state index contributed by atoms with van der Waals surface area (Å²) < 4.78 is 10.8. The Balaban J connectivity index is 2.36. The number of nitrogens with two attached hydrogens (primary N) is 1. The molecule has 4 nitrogen and oxygen atoms in total. The predicted molar refractivity (Wildman–Crippen MR) is 79.1 cm³/mol. The van der Waals surface area contributed by atoms with E-state index in [-0.39, 0.29) is 12.0 Å². The van der Waals surface area contributed by atoms with Crippen molar-refractivity contribution < 1.29 is 9.47 Å². The smallest absolute Gasteiger partial charge is 0.165 e. The second-order valence-electron chi connectivity index (χ2n) is 4.68. The molecule has 2 rings (SSSR count). The van der Waals surface area contributed by atoms with Crippen molar-refractivity contribution in [1.29, 1.82) is 0 Å². The first-order chi connectivity index (χ1) is 9.69. The van der Waals surface area contributed by atoms with Gasteiger partial charge in [-0.1, -0.05) is 19.1 Å². The van der Waals surface area contributed by atoms with Crippen LogP contribution >= 0.6 is 0 Å². The highest BCUT2D eigenvalue weighted by Crippen LogP contribution is 2.38. The molecule has 0 aliphatic carbocycles. The van der Waals surface area contributed by atoms with Crippen molar-refractivity contribution in [1.82, 2.24) is 4.98 Å². The Labute approximate surface area is 119 Å². The van der Waals surface area contributed by atoms with Gasteiger partial charge in [0.05, 0.1) is 14.2 Å². The molecule has 20 heavy (non-hydrogen) atoms. The first-order valence-corrected chi connectivity index (χ1v) is 6.55. The molecule has 1 aromatic carbocycles. The summed E-state index contributed by atoms with van der Waals surface area (Å²) in [6.07, 6.45) is 3.56. The Morgan fingerprint density at radius 1 is 1.05 bits per heavy atom. The molecule has 106 valence electrons. The Hall–Kier alpha value is -2.07. The average Bonchev–Trinajstić information content (AvgIpc) is 2.53. The van der Waals surface area contributed by atoms with E-state index >= 15 is 0 Å². The molecule has 0 radical (unpaired) electrons. The molecule has 2 aromatic rings. The Morgan fingerprint density at radius 2 is 1.75 bits per heavy atom. The molecule has 1 heterocycles. The maximum atomic E-state index is 6.41. The Bertz CT molecular complexity index is 558. The number of para-hydroxylation sites is 1. The summed E-state index contributed by atoms with van der Waals surface area (Å²) in [4.78, 5) is 4.04. The molecule has 2 unspecified atom stereocenters. The van der Waals surface area contributed by atoms with Crippen LogP contribution < -0.4 is 15.2 Å². The lowest BCUT2D eigenvalue weighted by Gasteiger charge is -2.23. The number of aromatic nitrogens is 1. The third-order valence-electron chi connectivity index (χ3n) is 3.56. The monoisotopic (exact) mass is 272 g/mol. The van der Waals surface area contributed by atoms with Crippen molar-refractivity contribution in [2.45, 2.75) is 18.9 Å². The van der Waals surface area contributed by atoms with Gasteiger partial charge in [-0.05, 0) is 23.8 Å². The maximum absolute atomic E-state index is 6.41. The fourth-order valence-corrected chi connectivity index (χ4v) is 2.32. The predicted octanol–water partition coefficient (Wildman–Crippen LogP) is 2.90. The van der Waals surface area contributed by atoms with Gasteiger partial charge < -0.3 is 15.2 Å². The highest BCUT2D eigenvalue weighted by atomic mass is 16.5. The number of rotatable bonds is 5. The quantitative estimate of drug-likeness (QED) is 0.909. The van der Waals surface area contributed by atoms with E-state index in [1.165, 1.54) is 0 Å². The third kappa shape index (κ3) is 2.75. The minimum absolute atomic E-state index is 0.152. The van der Waals surface area contributed by atoms with Gasteiger partial charge in [-0.25, -0.2) is 0 Å². The minimum atomic E-state index is -0.178. The van der Waals surface area contributed by atoms with E-state index in [4.69, 9.17) is 15.2 Å². The summed E-state index contributed by atoms with van der Waals surface area (Å²) in [5.74, 6) is 1.55. The number of pyridine rings is 1. The molecule has 4 heteroatoms. The molecule has 0 amide bonds. The van der Waals surface area contributed by atoms with Crippen LogP contribution in [0.4, 0.5) is 0 Å². The molecule has 0 spiro atoms. The summed E-state index contributed by atoms with van der Waals surface area (Å²) >= 11 is 0. The maximum Gasteiger partial charge on any atom is 0.165 e. The fourth-order valence-electron chi connectivity index (χ4n) is 2.32. The average molecular weight is 272 g/mol. The molecule has 0 aliphatic rings. The molecular formula is C16H20N2O2. The summed E-state index contributed by atoms with van der Waals surface area (Å²) in [7, 11) is 3.25. The number of hydrogen-bond donors (Lipinski definition) is 1. The van der Waals surface area contributed by atoms with Gasteiger partial charge in [-0.15, -0.1) is 0 Å². The van der Waals surface area contributed by atoms with Crippen LogP contribution in [0.15, 0.2) is 42.7 Å². The van der Waals surface area contributed by atoms with E-state index in [0.717, 1.165) is 11.1 Å². The SMILES string of the molecule is COc1cccc(C(N)C(C)c2ccncc2)c1OC. The first kappa shape index (κ1) is 14.3. The third-order valence-corrected chi connectivity index (χ3v) is 3.56. The lowest BCUT2D eigenvalue weighted by Crippen LogP contribution is -2.18. The topological polar surface area (TPSA) is 57.4 Å². The lowest BCUT2D eigenvalue weighted by atomic mass is 9.89. The molecule has 0 bridgehead atoms. The zero-order chi connectivity index (χ0) is 14.5. The van der Waals surface area contributed by atoms with Crippen LogP contribution in [0.25, 0.3) is 0 Å². The molecular weight excluding hydrogens is 252 g/mol. The van der Waals surface area contributed by atoms with Crippen LogP contribution in [0.2, 0.25) is 0 Å². The molecule has 0 saturated carbocycles. The number of hydrogen-bond acceptors (Lipinski definition) is 4. The van der Waals surface area contributed by atoms with Gasteiger partial charge >= 0.3 is 0 Å². The van der Waals surface area contributed by atoms with Gasteiger partial charge in [-0.2, -0.15) is 0 Å². The largest absolute Gasteiger partial charge is 0.493 e. The van der Waals surface area contributed by atoms with Crippen molar-refractivity contribution in [3.05, 3.63) is 53.9 Å². The normalized spacial score (nSPS) is 13.6. The van der Waals surface area contributed by atoms with Crippen LogP contribution in [0.3, 0.4) is 0 Å². The summed E-state index contributed by atoms with van der Waals surface area (Å²) in [5, 5.41) is 0. The Kier molecular flexibility index (Phi) is 4.58. The number of benzene rings is 1.